The minimum absolute atomic E-state index is 0.112. The molecule has 1 aromatic carbocycles. The van der Waals surface area contributed by atoms with Crippen LogP contribution in [0.5, 0.6) is 0 Å². The third-order valence-corrected chi connectivity index (χ3v) is 3.25. The molecule has 0 bridgehead atoms. The van der Waals surface area contributed by atoms with Gasteiger partial charge < -0.3 is 0 Å². The zero-order valence-electron chi connectivity index (χ0n) is 10.0. The molecule has 2 rings (SSSR count). The molecule has 0 amide bonds. The van der Waals surface area contributed by atoms with Crippen molar-refractivity contribution in [2.24, 2.45) is 10.1 Å². The molecular formula is C13H15FN3P. The second kappa shape index (κ2) is 5.87. The van der Waals surface area contributed by atoms with Crippen LogP contribution in [-0.4, -0.2) is 36.3 Å². The molecule has 1 heterocycles. The SMILES string of the molecule is C=NN1C(=NCP=C)C(F)CC1c1ccccc1. The van der Waals surface area contributed by atoms with Crippen molar-refractivity contribution in [3.05, 3.63) is 35.9 Å². The van der Waals surface area contributed by atoms with Gasteiger partial charge in [0.1, 0.15) is 0 Å². The first-order valence-electron chi connectivity index (χ1n) is 5.69. The first-order chi connectivity index (χ1) is 8.77. The van der Waals surface area contributed by atoms with E-state index in [0.717, 1.165) is 13.8 Å². The minimum atomic E-state index is -1.08. The van der Waals surface area contributed by atoms with Crippen molar-refractivity contribution < 1.29 is 4.39 Å². The number of hydrazone groups is 1. The molecule has 1 fully saturated rings. The number of hydrogen-bond donors (Lipinski definition) is 0. The van der Waals surface area contributed by atoms with Crippen LogP contribution in [0.1, 0.15) is 18.0 Å². The summed E-state index contributed by atoms with van der Waals surface area (Å²) in [5.74, 6) is 0.370. The predicted octanol–water partition coefficient (Wildman–Crippen LogP) is 3.12. The summed E-state index contributed by atoms with van der Waals surface area (Å²) in [5.41, 5.74) is 1.03. The van der Waals surface area contributed by atoms with Gasteiger partial charge in [0.2, 0.25) is 0 Å². The lowest BCUT2D eigenvalue weighted by Gasteiger charge is -2.20. The second-order valence-corrected chi connectivity index (χ2v) is 4.73. The van der Waals surface area contributed by atoms with E-state index in [0.29, 0.717) is 18.5 Å². The Kier molecular flexibility index (Phi) is 4.21. The quantitative estimate of drug-likeness (QED) is 0.606. The fraction of sp³-hybridized carbons (Fsp3) is 0.308. The summed E-state index contributed by atoms with van der Waals surface area (Å²) in [6, 6.07) is 9.64. The molecule has 0 N–H and O–H groups in total. The minimum Gasteiger partial charge on any atom is -0.259 e. The first kappa shape index (κ1) is 12.9. The lowest BCUT2D eigenvalue weighted by Crippen LogP contribution is -2.25. The number of aliphatic imine (C=N–C) groups is 1. The number of alkyl halides is 1. The zero-order valence-corrected chi connectivity index (χ0v) is 10.9. The maximum Gasteiger partial charge on any atom is 0.161 e. The smallest absolute Gasteiger partial charge is 0.161 e. The number of amidine groups is 1. The number of nitrogens with zero attached hydrogens (tertiary/aromatic N) is 3. The summed E-state index contributed by atoms with van der Waals surface area (Å²) in [6.45, 7) is 3.52. The summed E-state index contributed by atoms with van der Waals surface area (Å²) >= 11 is 0. The van der Waals surface area contributed by atoms with E-state index in [1.54, 1.807) is 5.01 Å². The van der Waals surface area contributed by atoms with E-state index in [1.165, 1.54) is 0 Å². The largest absolute Gasteiger partial charge is 0.259 e. The molecule has 1 aromatic rings. The van der Waals surface area contributed by atoms with Gasteiger partial charge in [-0.15, -0.1) is 0 Å². The van der Waals surface area contributed by atoms with Gasteiger partial charge in [0.05, 0.1) is 12.3 Å². The Morgan fingerprint density at radius 3 is 2.72 bits per heavy atom. The predicted molar refractivity (Wildman–Crippen MR) is 76.4 cm³/mol. The number of halogens is 1. The second-order valence-electron chi connectivity index (χ2n) is 4.00. The Bertz CT molecular complexity index is 461. The lowest BCUT2D eigenvalue weighted by atomic mass is 10.1. The van der Waals surface area contributed by atoms with Crippen molar-refractivity contribution >= 4 is 27.1 Å². The van der Waals surface area contributed by atoms with Gasteiger partial charge in [-0.2, -0.15) is 5.10 Å². The van der Waals surface area contributed by atoms with Gasteiger partial charge in [0, 0.05) is 13.1 Å². The van der Waals surface area contributed by atoms with Crippen molar-refractivity contribution in [1.82, 2.24) is 5.01 Å². The van der Waals surface area contributed by atoms with Crippen LogP contribution < -0.4 is 0 Å². The van der Waals surface area contributed by atoms with Gasteiger partial charge >= 0.3 is 0 Å². The van der Waals surface area contributed by atoms with Crippen LogP contribution in [0, 0.1) is 0 Å². The summed E-state index contributed by atoms with van der Waals surface area (Å²) in [5, 5.41) is 5.51. The zero-order chi connectivity index (χ0) is 13.0. The van der Waals surface area contributed by atoms with Gasteiger partial charge in [-0.1, -0.05) is 44.8 Å². The van der Waals surface area contributed by atoms with Crippen LogP contribution in [-0.2, 0) is 0 Å². The average molecular weight is 263 g/mol. The maximum absolute atomic E-state index is 14.0. The standard InChI is InChI=1S/C13H15FN3P/c1-15-17-12(10-6-4-3-5-7-10)8-11(14)13(17)16-9-18-2/h3-7,11-12H,1-2,8-9H2. The molecule has 0 aromatic heterocycles. The normalized spacial score (nSPS) is 25.8. The van der Waals surface area contributed by atoms with Crippen molar-refractivity contribution in [3.8, 4) is 0 Å². The molecular weight excluding hydrogens is 248 g/mol. The van der Waals surface area contributed by atoms with E-state index in [-0.39, 0.29) is 6.04 Å². The molecule has 1 aliphatic rings. The highest BCUT2D eigenvalue weighted by Gasteiger charge is 2.38. The molecule has 3 nitrogen and oxygen atoms in total. The van der Waals surface area contributed by atoms with E-state index < -0.39 is 6.17 Å². The Hall–Kier alpha value is -1.54. The van der Waals surface area contributed by atoms with E-state index >= 15 is 0 Å². The lowest BCUT2D eigenvalue weighted by molar-refractivity contribution is 0.346. The molecule has 0 radical (unpaired) electrons. The Labute approximate surface area is 108 Å². The summed E-state index contributed by atoms with van der Waals surface area (Å²) in [7, 11) is 0.869. The molecule has 2 atom stereocenters. The van der Waals surface area contributed by atoms with Crippen molar-refractivity contribution in [2.75, 3.05) is 6.29 Å². The van der Waals surface area contributed by atoms with Crippen molar-refractivity contribution in [1.29, 1.82) is 0 Å². The van der Waals surface area contributed by atoms with Crippen LogP contribution in [0.3, 0.4) is 0 Å². The molecule has 2 unspecified atom stereocenters. The molecule has 5 heteroatoms. The van der Waals surface area contributed by atoms with Gasteiger partial charge in [0.15, 0.2) is 12.0 Å². The number of rotatable bonds is 4. The highest BCUT2D eigenvalue weighted by Crippen LogP contribution is 2.35. The fourth-order valence-electron chi connectivity index (χ4n) is 2.12. The van der Waals surface area contributed by atoms with Crippen LogP contribution in [0.25, 0.3) is 0 Å². The molecule has 1 aliphatic heterocycles. The maximum atomic E-state index is 14.0. The highest BCUT2D eigenvalue weighted by molar-refractivity contribution is 7.36. The van der Waals surface area contributed by atoms with Crippen LogP contribution in [0.15, 0.2) is 40.4 Å². The summed E-state index contributed by atoms with van der Waals surface area (Å²) < 4.78 is 14.0. The van der Waals surface area contributed by atoms with E-state index in [2.05, 4.69) is 23.1 Å². The molecule has 0 spiro atoms. The Balaban J connectivity index is 2.29. The van der Waals surface area contributed by atoms with E-state index in [1.807, 2.05) is 30.3 Å². The topological polar surface area (TPSA) is 28.0 Å². The van der Waals surface area contributed by atoms with Crippen molar-refractivity contribution in [3.63, 3.8) is 0 Å². The third kappa shape index (κ3) is 2.49. The Morgan fingerprint density at radius 2 is 2.11 bits per heavy atom. The molecule has 94 valence electrons. The fourth-order valence-corrected chi connectivity index (χ4v) is 2.37. The van der Waals surface area contributed by atoms with Gasteiger partial charge in [0.25, 0.3) is 0 Å². The number of hydrogen-bond acceptors (Lipinski definition) is 2. The van der Waals surface area contributed by atoms with Gasteiger partial charge in [-0.05, 0) is 5.56 Å². The average Bonchev–Trinajstić information content (AvgIpc) is 2.73. The summed E-state index contributed by atoms with van der Waals surface area (Å²) in [4.78, 5) is 4.21. The van der Waals surface area contributed by atoms with E-state index in [9.17, 15) is 4.39 Å². The highest BCUT2D eigenvalue weighted by atomic mass is 31.1. The van der Waals surface area contributed by atoms with Gasteiger partial charge in [-0.3, -0.25) is 4.99 Å². The summed E-state index contributed by atoms with van der Waals surface area (Å²) in [6.07, 6.45) is 3.46. The molecule has 18 heavy (non-hydrogen) atoms. The van der Waals surface area contributed by atoms with Crippen LogP contribution >= 0.6 is 8.20 Å². The first-order valence-corrected chi connectivity index (χ1v) is 6.96. The van der Waals surface area contributed by atoms with Crippen molar-refractivity contribution in [2.45, 2.75) is 18.6 Å². The monoisotopic (exact) mass is 263 g/mol. The van der Waals surface area contributed by atoms with E-state index in [4.69, 9.17) is 0 Å². The number of benzene rings is 1. The van der Waals surface area contributed by atoms with Crippen LogP contribution in [0.4, 0.5) is 4.39 Å². The molecule has 0 saturated carbocycles. The molecule has 1 saturated heterocycles. The third-order valence-electron chi connectivity index (χ3n) is 2.91. The van der Waals surface area contributed by atoms with Gasteiger partial charge in [-0.25, -0.2) is 9.40 Å². The van der Waals surface area contributed by atoms with Crippen LogP contribution in [0.2, 0.25) is 0 Å². The molecule has 0 aliphatic carbocycles. The Morgan fingerprint density at radius 1 is 1.39 bits per heavy atom.